The molecule has 1 aliphatic rings. The van der Waals surface area contributed by atoms with Crippen molar-refractivity contribution in [3.63, 3.8) is 0 Å². The first-order valence-electron chi connectivity index (χ1n) is 20.8. The lowest BCUT2D eigenvalue weighted by Crippen LogP contribution is -2.63. The van der Waals surface area contributed by atoms with Gasteiger partial charge >= 0.3 is 0 Å². The molecule has 0 N–H and O–H groups in total. The van der Waals surface area contributed by atoms with Crippen molar-refractivity contribution >= 4 is 61.0 Å². The number of anilines is 6. The Bertz CT molecular complexity index is 2510. The van der Waals surface area contributed by atoms with Crippen molar-refractivity contribution in [2.75, 3.05) is 9.80 Å². The highest BCUT2D eigenvalue weighted by atomic mass is 28.4. The van der Waals surface area contributed by atoms with Crippen molar-refractivity contribution < 1.29 is 0 Å². The third kappa shape index (κ3) is 6.67. The average Bonchev–Trinajstić information content (AvgIpc) is 3.48. The van der Waals surface area contributed by atoms with Crippen molar-refractivity contribution in [3.8, 4) is 11.1 Å². The molecule has 0 bridgehead atoms. The normalized spacial score (nSPS) is 13.5. The molecule has 2 nitrogen and oxygen atoms in total. The molecule has 7 aromatic rings. The molecule has 1 aliphatic carbocycles. The highest BCUT2D eigenvalue weighted by molar-refractivity contribution is 6.99. The van der Waals surface area contributed by atoms with Crippen LogP contribution >= 0.6 is 0 Å². The zero-order valence-corrected chi connectivity index (χ0v) is 37.6. The van der Waals surface area contributed by atoms with Crippen molar-refractivity contribution in [3.05, 3.63) is 180 Å². The van der Waals surface area contributed by atoms with E-state index in [1.54, 1.807) is 0 Å². The van der Waals surface area contributed by atoms with E-state index in [0.717, 1.165) is 5.69 Å². The molecule has 0 unspecified atom stereocenters. The van der Waals surface area contributed by atoms with Gasteiger partial charge in [0.1, 0.15) is 0 Å². The molecular weight excluding hydrogens is 721 g/mol. The minimum atomic E-state index is -1.96. The Labute approximate surface area is 343 Å². The predicted molar refractivity (Wildman–Crippen MR) is 254 cm³/mol. The van der Waals surface area contributed by atoms with Crippen LogP contribution in [0.4, 0.5) is 34.1 Å². The Morgan fingerprint density at radius 3 is 1.23 bits per heavy atom. The molecular formula is C53H58N2Si2. The van der Waals surface area contributed by atoms with Gasteiger partial charge in [-0.1, -0.05) is 146 Å². The van der Waals surface area contributed by atoms with Gasteiger partial charge in [-0.3, -0.25) is 0 Å². The van der Waals surface area contributed by atoms with Crippen LogP contribution in [0, 0.1) is 0 Å². The standard InChI is InChI=1S/C53H58N2Si2/c1-37(2)39-21-26-45(27-22-39)54(43-17-13-11-14-18-43)47-30-25-41-34-50-49-32-31-48(55(44-19-15-12-16-20-44)46-28-23-40(24-29-46)38(3)4)36-52(49)53(56(5,6)7,57(8,9)10)51(50)35-42(41)33-47/h11-38H,1-10H3. The number of hydrogen-bond acceptors (Lipinski definition) is 2. The van der Waals surface area contributed by atoms with Crippen LogP contribution in [0.3, 0.4) is 0 Å². The van der Waals surface area contributed by atoms with Crippen LogP contribution in [0.5, 0.6) is 0 Å². The number of fused-ring (bicyclic) bond motifs is 4. The largest absolute Gasteiger partial charge is 0.310 e. The zero-order valence-electron chi connectivity index (χ0n) is 35.6. The van der Waals surface area contributed by atoms with Crippen LogP contribution in [0.25, 0.3) is 21.9 Å². The van der Waals surface area contributed by atoms with Crippen LogP contribution in [0.1, 0.15) is 61.8 Å². The van der Waals surface area contributed by atoms with Gasteiger partial charge < -0.3 is 9.80 Å². The molecule has 0 saturated carbocycles. The quantitative estimate of drug-likeness (QED) is 0.128. The molecule has 0 saturated heterocycles. The smallest absolute Gasteiger partial charge is 0.0579 e. The molecule has 0 radical (unpaired) electrons. The summed E-state index contributed by atoms with van der Waals surface area (Å²) in [7, 11) is -3.92. The van der Waals surface area contributed by atoms with E-state index in [4.69, 9.17) is 0 Å². The summed E-state index contributed by atoms with van der Waals surface area (Å²) < 4.78 is -0.0134. The number of para-hydroxylation sites is 2. The van der Waals surface area contributed by atoms with E-state index in [1.165, 1.54) is 72.6 Å². The fourth-order valence-corrected chi connectivity index (χ4v) is 23.2. The fraction of sp³-hybridized carbons (Fsp3) is 0.245. The summed E-state index contributed by atoms with van der Waals surface area (Å²) in [6.07, 6.45) is 0. The van der Waals surface area contributed by atoms with Gasteiger partial charge in [0.05, 0.1) is 16.1 Å². The molecule has 288 valence electrons. The van der Waals surface area contributed by atoms with Gasteiger partial charge in [0.25, 0.3) is 0 Å². The molecule has 0 amide bonds. The summed E-state index contributed by atoms with van der Waals surface area (Å²) in [5.74, 6) is 0.976. The maximum atomic E-state index is 2.62. The van der Waals surface area contributed by atoms with Gasteiger partial charge in [-0.15, -0.1) is 0 Å². The van der Waals surface area contributed by atoms with E-state index in [9.17, 15) is 0 Å². The van der Waals surface area contributed by atoms with Crippen LogP contribution in [0.15, 0.2) is 158 Å². The first-order valence-corrected chi connectivity index (χ1v) is 27.8. The molecule has 7 aromatic carbocycles. The van der Waals surface area contributed by atoms with Crippen LogP contribution in [0.2, 0.25) is 39.3 Å². The minimum Gasteiger partial charge on any atom is -0.310 e. The molecule has 4 heteroatoms. The molecule has 0 spiro atoms. The first kappa shape index (κ1) is 38.7. The minimum absolute atomic E-state index is 0.0134. The molecule has 0 aliphatic heterocycles. The molecule has 0 aromatic heterocycles. The Balaban J connectivity index is 1.33. The summed E-state index contributed by atoms with van der Waals surface area (Å²) in [6.45, 7) is 24.8. The second-order valence-corrected chi connectivity index (χ2v) is 29.7. The number of rotatable bonds is 10. The predicted octanol–water partition coefficient (Wildman–Crippen LogP) is 16.0. The van der Waals surface area contributed by atoms with E-state index in [-0.39, 0.29) is 4.66 Å². The van der Waals surface area contributed by atoms with E-state index in [2.05, 4.69) is 235 Å². The summed E-state index contributed by atoms with van der Waals surface area (Å²) in [6, 6.07) is 59.7. The lowest BCUT2D eigenvalue weighted by molar-refractivity contribution is 0.866. The van der Waals surface area contributed by atoms with E-state index in [1.807, 2.05) is 0 Å². The third-order valence-corrected chi connectivity index (χ3v) is 22.6. The van der Waals surface area contributed by atoms with Crippen molar-refractivity contribution in [1.82, 2.24) is 0 Å². The van der Waals surface area contributed by atoms with Crippen LogP contribution in [-0.4, -0.2) is 16.1 Å². The van der Waals surface area contributed by atoms with Crippen molar-refractivity contribution in [1.29, 1.82) is 0 Å². The fourth-order valence-electron chi connectivity index (χ4n) is 10.1. The number of nitrogens with zero attached hydrogens (tertiary/aromatic N) is 2. The Morgan fingerprint density at radius 1 is 0.368 bits per heavy atom. The summed E-state index contributed by atoms with van der Waals surface area (Å²) in [4.78, 5) is 4.87. The molecule has 0 atom stereocenters. The van der Waals surface area contributed by atoms with Gasteiger partial charge in [0, 0.05) is 38.8 Å². The van der Waals surface area contributed by atoms with Gasteiger partial charge in [-0.05, 0) is 135 Å². The molecule has 0 heterocycles. The van der Waals surface area contributed by atoms with E-state index < -0.39 is 16.1 Å². The summed E-state index contributed by atoms with van der Waals surface area (Å²) in [5, 5.41) is 2.59. The van der Waals surface area contributed by atoms with Crippen molar-refractivity contribution in [2.45, 2.75) is 83.5 Å². The van der Waals surface area contributed by atoms with Crippen LogP contribution in [-0.2, 0) is 4.66 Å². The zero-order chi connectivity index (χ0) is 40.3. The second-order valence-electron chi connectivity index (χ2n) is 18.7. The SMILES string of the molecule is CC(C)c1ccc(N(c2ccccc2)c2ccc3c(c2)C([Si](C)(C)C)([Si](C)(C)C)c2cc4cc(N(c5ccccc5)c5ccc(C(C)C)cc5)ccc4cc2-3)cc1. The highest BCUT2D eigenvalue weighted by Gasteiger charge is 2.59. The molecule has 8 rings (SSSR count). The van der Waals surface area contributed by atoms with Gasteiger partial charge in [0.15, 0.2) is 0 Å². The van der Waals surface area contributed by atoms with Gasteiger partial charge in [-0.25, -0.2) is 0 Å². The lowest BCUT2D eigenvalue weighted by Gasteiger charge is -2.51. The lowest BCUT2D eigenvalue weighted by atomic mass is 9.99. The monoisotopic (exact) mass is 778 g/mol. The average molecular weight is 779 g/mol. The van der Waals surface area contributed by atoms with E-state index >= 15 is 0 Å². The highest BCUT2D eigenvalue weighted by Crippen LogP contribution is 2.59. The van der Waals surface area contributed by atoms with Crippen molar-refractivity contribution in [2.24, 2.45) is 0 Å². The molecule has 57 heavy (non-hydrogen) atoms. The Morgan fingerprint density at radius 2 is 0.772 bits per heavy atom. The first-order chi connectivity index (χ1) is 27.2. The van der Waals surface area contributed by atoms with Crippen LogP contribution < -0.4 is 9.80 Å². The second kappa shape index (κ2) is 14.6. The van der Waals surface area contributed by atoms with Gasteiger partial charge in [-0.2, -0.15) is 0 Å². The number of hydrogen-bond donors (Lipinski definition) is 0. The maximum Gasteiger partial charge on any atom is 0.0579 e. The number of benzene rings is 7. The van der Waals surface area contributed by atoms with E-state index in [0.29, 0.717) is 11.8 Å². The third-order valence-electron chi connectivity index (χ3n) is 12.5. The maximum absolute atomic E-state index is 2.62. The summed E-state index contributed by atoms with van der Waals surface area (Å²) >= 11 is 0. The Hall–Kier alpha value is -5.17. The molecule has 0 fully saturated rings. The topological polar surface area (TPSA) is 6.48 Å². The van der Waals surface area contributed by atoms with Gasteiger partial charge in [0.2, 0.25) is 0 Å². The summed E-state index contributed by atoms with van der Waals surface area (Å²) in [5.41, 5.74) is 15.7. The Kier molecular flexibility index (Phi) is 9.94.